The molecule has 0 radical (unpaired) electrons. The van der Waals surface area contributed by atoms with Gasteiger partial charge in [-0.05, 0) is 117 Å². The van der Waals surface area contributed by atoms with Crippen LogP contribution in [0.1, 0.15) is 64.9 Å². The van der Waals surface area contributed by atoms with Crippen LogP contribution in [0.3, 0.4) is 0 Å². The molecule has 0 spiro atoms. The van der Waals surface area contributed by atoms with Gasteiger partial charge in [-0.2, -0.15) is 13.2 Å². The molecule has 1 aliphatic heterocycles. The van der Waals surface area contributed by atoms with E-state index in [1.54, 1.807) is 24.5 Å². The third kappa shape index (κ3) is 8.11. The molecule has 4 aromatic rings. The van der Waals surface area contributed by atoms with Crippen molar-refractivity contribution in [1.82, 2.24) is 15.2 Å². The van der Waals surface area contributed by atoms with Gasteiger partial charge in [-0.25, -0.2) is 0 Å². The number of pyridine rings is 1. The number of hydrogen-bond acceptors (Lipinski definition) is 4. The van der Waals surface area contributed by atoms with Crippen molar-refractivity contribution in [3.05, 3.63) is 119 Å². The van der Waals surface area contributed by atoms with Gasteiger partial charge in [0.2, 0.25) is 0 Å². The Bertz CT molecular complexity index is 1530. The summed E-state index contributed by atoms with van der Waals surface area (Å²) >= 11 is 0. The molecule has 0 bridgehead atoms. The number of aryl methyl sites for hydroxylation is 2. The largest absolute Gasteiger partial charge is 0.485 e. The zero-order valence-electron chi connectivity index (χ0n) is 26.0. The maximum atomic E-state index is 13.2. The Morgan fingerprint density at radius 1 is 0.933 bits per heavy atom. The molecule has 5 nitrogen and oxygen atoms in total. The molecular formula is C37H40F3N3O2. The lowest BCUT2D eigenvalue weighted by Gasteiger charge is -2.39. The van der Waals surface area contributed by atoms with Crippen LogP contribution in [0.2, 0.25) is 0 Å². The predicted molar refractivity (Wildman–Crippen MR) is 171 cm³/mol. The first-order valence-electron chi connectivity index (χ1n) is 15.5. The van der Waals surface area contributed by atoms with E-state index in [-0.39, 0.29) is 24.0 Å². The molecule has 2 atom stereocenters. The van der Waals surface area contributed by atoms with Crippen LogP contribution >= 0.6 is 0 Å². The number of halogens is 3. The molecule has 1 aliphatic rings. The lowest BCUT2D eigenvalue weighted by molar-refractivity contribution is -0.137. The molecule has 1 fully saturated rings. The highest BCUT2D eigenvalue weighted by Gasteiger charge is 2.33. The second-order valence-electron chi connectivity index (χ2n) is 12.0. The maximum Gasteiger partial charge on any atom is 0.416 e. The molecule has 3 aromatic carbocycles. The van der Waals surface area contributed by atoms with Crippen molar-refractivity contribution in [2.75, 3.05) is 19.6 Å². The smallest absolute Gasteiger partial charge is 0.416 e. The molecule has 2 heterocycles. The van der Waals surface area contributed by atoms with Crippen LogP contribution in [0.25, 0.3) is 11.1 Å². The van der Waals surface area contributed by atoms with Crippen molar-refractivity contribution in [1.29, 1.82) is 0 Å². The molecule has 1 aromatic heterocycles. The van der Waals surface area contributed by atoms with E-state index in [1.807, 2.05) is 68.4 Å². The van der Waals surface area contributed by atoms with Gasteiger partial charge in [-0.3, -0.25) is 9.78 Å². The Morgan fingerprint density at radius 3 is 2.16 bits per heavy atom. The van der Waals surface area contributed by atoms with Crippen LogP contribution in [0.5, 0.6) is 5.75 Å². The fraction of sp³-hybridized carbons (Fsp3) is 0.351. The third-order valence-electron chi connectivity index (χ3n) is 8.82. The number of para-hydroxylation sites is 1. The number of amides is 1. The monoisotopic (exact) mass is 615 g/mol. The molecule has 2 unspecified atom stereocenters. The van der Waals surface area contributed by atoms with Crippen LogP contribution in [0.15, 0.2) is 91.3 Å². The van der Waals surface area contributed by atoms with E-state index in [9.17, 15) is 18.0 Å². The van der Waals surface area contributed by atoms with Crippen LogP contribution < -0.4 is 10.1 Å². The van der Waals surface area contributed by atoms with Crippen molar-refractivity contribution >= 4 is 5.91 Å². The molecule has 236 valence electrons. The Balaban J connectivity index is 1.16. The molecular weight excluding hydrogens is 575 g/mol. The highest BCUT2D eigenvalue weighted by Crippen LogP contribution is 2.37. The Hall–Kier alpha value is -4.17. The minimum atomic E-state index is -4.38. The highest BCUT2D eigenvalue weighted by atomic mass is 19.4. The van der Waals surface area contributed by atoms with E-state index >= 15 is 0 Å². The molecule has 5 rings (SSSR count). The minimum absolute atomic E-state index is 0.0605. The Morgan fingerprint density at radius 2 is 1.56 bits per heavy atom. The van der Waals surface area contributed by atoms with Gasteiger partial charge in [0.15, 0.2) is 0 Å². The van der Waals surface area contributed by atoms with E-state index in [0.29, 0.717) is 17.9 Å². The summed E-state index contributed by atoms with van der Waals surface area (Å²) < 4.78 is 46.0. The third-order valence-corrected chi connectivity index (χ3v) is 8.82. The fourth-order valence-corrected chi connectivity index (χ4v) is 6.31. The molecule has 45 heavy (non-hydrogen) atoms. The molecule has 1 amide bonds. The second kappa shape index (κ2) is 14.3. The standard InChI is InChI=1S/C37H40F3N3O2/c1-25-23-31(28-14-18-41-19-15-28)24-26(2)34(25)36(44)42-20-13-27(3)43-21-16-30(17-22-43)35(45-33-7-5-4-6-8-33)29-9-11-32(12-10-29)37(38,39)40/h4-12,14-15,18-19,23-24,27,30,35H,13,16-17,20-22H2,1-3H3,(H,42,44). The number of piperidine rings is 1. The molecule has 1 saturated heterocycles. The number of likely N-dealkylation sites (tertiary alicyclic amines) is 1. The van der Waals surface area contributed by atoms with Gasteiger partial charge in [0, 0.05) is 36.5 Å². The predicted octanol–water partition coefficient (Wildman–Crippen LogP) is 8.42. The van der Waals surface area contributed by atoms with Gasteiger partial charge in [0.1, 0.15) is 11.9 Å². The second-order valence-corrected chi connectivity index (χ2v) is 12.0. The van der Waals surface area contributed by atoms with Gasteiger partial charge < -0.3 is 15.0 Å². The zero-order chi connectivity index (χ0) is 32.0. The number of ether oxygens (including phenoxy) is 1. The van der Waals surface area contributed by atoms with Crippen LogP contribution in [-0.2, 0) is 6.18 Å². The first-order chi connectivity index (χ1) is 21.6. The summed E-state index contributed by atoms with van der Waals surface area (Å²) in [6, 6.07) is 23.1. The van der Waals surface area contributed by atoms with Crippen molar-refractivity contribution in [2.24, 2.45) is 5.92 Å². The lowest BCUT2D eigenvalue weighted by atomic mass is 9.86. The summed E-state index contributed by atoms with van der Waals surface area (Å²) in [5.41, 5.74) is 4.82. The SMILES string of the molecule is Cc1cc(-c2ccncc2)cc(C)c1C(=O)NCCC(C)N1CCC(C(Oc2ccccc2)c2ccc(C(F)(F)F)cc2)CC1. The number of rotatable bonds is 10. The van der Waals surface area contributed by atoms with E-state index in [4.69, 9.17) is 4.74 Å². The average Bonchev–Trinajstić information content (AvgIpc) is 3.04. The number of nitrogens with one attached hydrogen (secondary N) is 1. The summed E-state index contributed by atoms with van der Waals surface area (Å²) in [6.45, 7) is 8.39. The first kappa shape index (κ1) is 32.2. The quantitative estimate of drug-likeness (QED) is 0.195. The van der Waals surface area contributed by atoms with Crippen molar-refractivity contribution in [2.45, 2.75) is 58.4 Å². The van der Waals surface area contributed by atoms with Gasteiger partial charge in [-0.1, -0.05) is 42.5 Å². The van der Waals surface area contributed by atoms with E-state index < -0.39 is 11.7 Å². The van der Waals surface area contributed by atoms with E-state index in [1.165, 1.54) is 0 Å². The molecule has 1 N–H and O–H groups in total. The molecule has 0 saturated carbocycles. The number of carbonyl (C=O) groups excluding carboxylic acids is 1. The van der Waals surface area contributed by atoms with Gasteiger partial charge in [0.05, 0.1) is 5.56 Å². The van der Waals surface area contributed by atoms with Crippen molar-refractivity contribution < 1.29 is 22.7 Å². The summed E-state index contributed by atoms with van der Waals surface area (Å²) in [6.07, 6.45) is 1.34. The summed E-state index contributed by atoms with van der Waals surface area (Å²) in [5.74, 6) is 0.798. The van der Waals surface area contributed by atoms with E-state index in [2.05, 4.69) is 22.1 Å². The average molecular weight is 616 g/mol. The van der Waals surface area contributed by atoms with Crippen molar-refractivity contribution in [3.63, 3.8) is 0 Å². The van der Waals surface area contributed by atoms with Crippen LogP contribution in [-0.4, -0.2) is 41.5 Å². The first-order valence-corrected chi connectivity index (χ1v) is 15.5. The van der Waals surface area contributed by atoms with Gasteiger partial charge in [-0.15, -0.1) is 0 Å². The topological polar surface area (TPSA) is 54.5 Å². The molecule has 8 heteroatoms. The van der Waals surface area contributed by atoms with Crippen LogP contribution in [0, 0.1) is 19.8 Å². The van der Waals surface area contributed by atoms with Gasteiger partial charge >= 0.3 is 6.18 Å². The number of alkyl halides is 3. The lowest BCUT2D eigenvalue weighted by Crippen LogP contribution is -2.43. The normalized spacial score (nSPS) is 15.8. The van der Waals surface area contributed by atoms with Crippen molar-refractivity contribution in [3.8, 4) is 16.9 Å². The summed E-state index contributed by atoms with van der Waals surface area (Å²) in [7, 11) is 0. The maximum absolute atomic E-state index is 13.2. The summed E-state index contributed by atoms with van der Waals surface area (Å²) in [4.78, 5) is 19.7. The summed E-state index contributed by atoms with van der Waals surface area (Å²) in [5, 5.41) is 3.13. The van der Waals surface area contributed by atoms with Gasteiger partial charge in [0.25, 0.3) is 5.91 Å². The minimum Gasteiger partial charge on any atom is -0.485 e. The number of aromatic nitrogens is 1. The Labute approximate surface area is 263 Å². The molecule has 0 aliphatic carbocycles. The van der Waals surface area contributed by atoms with E-state index in [0.717, 1.165) is 72.3 Å². The number of hydrogen-bond donors (Lipinski definition) is 1. The fourth-order valence-electron chi connectivity index (χ4n) is 6.31. The number of nitrogens with zero attached hydrogens (tertiary/aromatic N) is 2. The van der Waals surface area contributed by atoms with Crippen LogP contribution in [0.4, 0.5) is 13.2 Å². The highest BCUT2D eigenvalue weighted by molar-refractivity contribution is 5.97. The number of benzene rings is 3. The Kier molecular flexibility index (Phi) is 10.2. The zero-order valence-corrected chi connectivity index (χ0v) is 26.0. The number of carbonyl (C=O) groups is 1.